The highest BCUT2D eigenvalue weighted by Gasteiger charge is 2.17. The Morgan fingerprint density at radius 1 is 1.25 bits per heavy atom. The van der Waals surface area contributed by atoms with E-state index in [2.05, 4.69) is 21.8 Å². The molecule has 1 N–H and O–H groups in total. The second-order valence-electron chi connectivity index (χ2n) is 6.05. The van der Waals surface area contributed by atoms with Gasteiger partial charge in [0.2, 0.25) is 0 Å². The van der Waals surface area contributed by atoms with E-state index in [9.17, 15) is 14.7 Å². The number of nitrogens with zero attached hydrogens (tertiary/aromatic N) is 4. The Morgan fingerprint density at radius 3 is 2.54 bits per heavy atom. The number of aromatic nitrogens is 4. The lowest BCUT2D eigenvalue weighted by atomic mass is 10.2. The predicted molar refractivity (Wildman–Crippen MR) is 91.6 cm³/mol. The fraction of sp³-hybridized carbons (Fsp3) is 0.529. The predicted octanol–water partition coefficient (Wildman–Crippen LogP) is 0.790. The Bertz CT molecular complexity index is 929. The third kappa shape index (κ3) is 3.39. The molecule has 2 heterocycles. The molecule has 0 fully saturated rings. The van der Waals surface area contributed by atoms with Crippen LogP contribution in [0.1, 0.15) is 45.0 Å². The monoisotopic (exact) mass is 330 g/mol. The van der Waals surface area contributed by atoms with Crippen LogP contribution in [0.3, 0.4) is 0 Å². The molecule has 7 nitrogen and oxygen atoms in total. The molecule has 0 aliphatic carbocycles. The summed E-state index contributed by atoms with van der Waals surface area (Å²) in [4.78, 5) is 33.4. The maximum absolute atomic E-state index is 12.4. The van der Waals surface area contributed by atoms with Crippen LogP contribution in [0.25, 0.3) is 11.2 Å². The van der Waals surface area contributed by atoms with Crippen LogP contribution in [0.15, 0.2) is 9.59 Å². The Labute approximate surface area is 140 Å². The van der Waals surface area contributed by atoms with Gasteiger partial charge in [0.15, 0.2) is 11.2 Å². The lowest BCUT2D eigenvalue weighted by Gasteiger charge is -2.13. The van der Waals surface area contributed by atoms with Gasteiger partial charge in [-0.25, -0.2) is 14.8 Å². The van der Waals surface area contributed by atoms with Crippen molar-refractivity contribution in [2.75, 3.05) is 0 Å². The topological polar surface area (TPSA) is 90.0 Å². The molecule has 0 saturated carbocycles. The standard InChI is InChI=1S/C17H22N4O3/c1-5-6-7-8-12-13(10-22)19-15-14(18-12)16(23)20(4)17(24)21(15)9-11(2)3/h11,22H,5-6,9-10H2,1-4H3. The molecule has 0 aliphatic heterocycles. The van der Waals surface area contributed by atoms with Crippen LogP contribution in [0.4, 0.5) is 0 Å². The highest BCUT2D eigenvalue weighted by Crippen LogP contribution is 2.10. The summed E-state index contributed by atoms with van der Waals surface area (Å²) >= 11 is 0. The van der Waals surface area contributed by atoms with Gasteiger partial charge < -0.3 is 5.11 Å². The zero-order chi connectivity index (χ0) is 17.9. The zero-order valence-corrected chi connectivity index (χ0v) is 14.5. The second-order valence-corrected chi connectivity index (χ2v) is 6.05. The van der Waals surface area contributed by atoms with Crippen molar-refractivity contribution in [1.82, 2.24) is 19.1 Å². The summed E-state index contributed by atoms with van der Waals surface area (Å²) in [5.41, 5.74) is -0.103. The van der Waals surface area contributed by atoms with E-state index in [4.69, 9.17) is 0 Å². The maximum Gasteiger partial charge on any atom is 0.332 e. The summed E-state index contributed by atoms with van der Waals surface area (Å²) in [7, 11) is 1.42. The average molecular weight is 330 g/mol. The summed E-state index contributed by atoms with van der Waals surface area (Å²) in [6.07, 6.45) is 1.59. The van der Waals surface area contributed by atoms with Crippen LogP contribution in [0.5, 0.6) is 0 Å². The van der Waals surface area contributed by atoms with Gasteiger partial charge in [-0.05, 0) is 18.3 Å². The summed E-state index contributed by atoms with van der Waals surface area (Å²) in [6, 6.07) is 0. The van der Waals surface area contributed by atoms with E-state index in [1.54, 1.807) is 0 Å². The molecule has 7 heteroatoms. The Hall–Kier alpha value is -2.46. The molecule has 128 valence electrons. The van der Waals surface area contributed by atoms with Crippen LogP contribution >= 0.6 is 0 Å². The minimum Gasteiger partial charge on any atom is -0.390 e. The highest BCUT2D eigenvalue weighted by molar-refractivity contribution is 5.70. The normalized spacial score (nSPS) is 10.9. The lowest BCUT2D eigenvalue weighted by molar-refractivity contribution is 0.276. The molecule has 2 aromatic rings. The molecule has 0 saturated heterocycles. The van der Waals surface area contributed by atoms with E-state index >= 15 is 0 Å². The van der Waals surface area contributed by atoms with Crippen molar-refractivity contribution >= 4 is 11.2 Å². The first-order valence-electron chi connectivity index (χ1n) is 8.00. The Kier molecular flexibility index (Phi) is 5.52. The number of hydrogen-bond donors (Lipinski definition) is 1. The van der Waals surface area contributed by atoms with Crippen LogP contribution in [-0.2, 0) is 20.2 Å². The Morgan fingerprint density at radius 2 is 1.96 bits per heavy atom. The van der Waals surface area contributed by atoms with Gasteiger partial charge in [-0.3, -0.25) is 13.9 Å². The third-order valence-electron chi connectivity index (χ3n) is 3.51. The molecular formula is C17H22N4O3. The molecule has 0 radical (unpaired) electrons. The number of aliphatic hydroxyl groups is 1. The van der Waals surface area contributed by atoms with Crippen LogP contribution < -0.4 is 11.2 Å². The lowest BCUT2D eigenvalue weighted by Crippen LogP contribution is -2.40. The molecule has 0 unspecified atom stereocenters. The van der Waals surface area contributed by atoms with Gasteiger partial charge >= 0.3 is 5.69 Å². The minimum atomic E-state index is -0.509. The minimum absolute atomic E-state index is 0.0933. The molecule has 0 atom stereocenters. The van der Waals surface area contributed by atoms with Crippen LogP contribution in [0, 0.1) is 17.8 Å². The summed E-state index contributed by atoms with van der Waals surface area (Å²) in [5.74, 6) is 5.99. The number of fused-ring (bicyclic) bond motifs is 1. The molecule has 0 aromatic carbocycles. The fourth-order valence-corrected chi connectivity index (χ4v) is 2.32. The number of aliphatic hydroxyl groups excluding tert-OH is 1. The van der Waals surface area contributed by atoms with E-state index in [1.807, 2.05) is 20.8 Å². The number of rotatable bonds is 4. The van der Waals surface area contributed by atoms with Gasteiger partial charge in [0, 0.05) is 20.0 Å². The average Bonchev–Trinajstić information content (AvgIpc) is 2.56. The molecule has 0 amide bonds. The molecule has 0 spiro atoms. The quantitative estimate of drug-likeness (QED) is 0.837. The van der Waals surface area contributed by atoms with Gasteiger partial charge in [0.25, 0.3) is 5.56 Å². The first-order valence-corrected chi connectivity index (χ1v) is 8.00. The molecule has 0 aliphatic rings. The molecule has 2 rings (SSSR count). The third-order valence-corrected chi connectivity index (χ3v) is 3.51. The fourth-order valence-electron chi connectivity index (χ4n) is 2.32. The second kappa shape index (κ2) is 7.41. The highest BCUT2D eigenvalue weighted by atomic mass is 16.3. The van der Waals surface area contributed by atoms with Gasteiger partial charge in [0.05, 0.1) is 6.61 Å². The number of unbranched alkanes of at least 4 members (excludes halogenated alkanes) is 1. The van der Waals surface area contributed by atoms with Gasteiger partial charge in [0.1, 0.15) is 11.4 Å². The Balaban J connectivity index is 2.84. The van der Waals surface area contributed by atoms with Gasteiger partial charge in [-0.2, -0.15) is 0 Å². The van der Waals surface area contributed by atoms with Crippen molar-refractivity contribution in [3.8, 4) is 11.8 Å². The van der Waals surface area contributed by atoms with Gasteiger partial charge in [-0.1, -0.05) is 26.7 Å². The SMILES string of the molecule is CCCC#Cc1nc2c(=O)n(C)c(=O)n(CC(C)C)c2nc1CO. The smallest absolute Gasteiger partial charge is 0.332 e. The van der Waals surface area contributed by atoms with Crippen molar-refractivity contribution < 1.29 is 5.11 Å². The van der Waals surface area contributed by atoms with Crippen molar-refractivity contribution in [1.29, 1.82) is 0 Å². The summed E-state index contributed by atoms with van der Waals surface area (Å²) < 4.78 is 2.46. The van der Waals surface area contributed by atoms with Crippen molar-refractivity contribution in [3.63, 3.8) is 0 Å². The first-order chi connectivity index (χ1) is 11.4. The van der Waals surface area contributed by atoms with Crippen molar-refractivity contribution in [2.24, 2.45) is 13.0 Å². The van der Waals surface area contributed by atoms with E-state index < -0.39 is 11.2 Å². The summed E-state index contributed by atoms with van der Waals surface area (Å²) in [6.45, 7) is 5.99. The van der Waals surface area contributed by atoms with Crippen molar-refractivity contribution in [2.45, 2.75) is 46.8 Å². The summed E-state index contributed by atoms with van der Waals surface area (Å²) in [5, 5.41) is 9.56. The zero-order valence-electron chi connectivity index (χ0n) is 14.5. The molecular weight excluding hydrogens is 308 g/mol. The molecule has 24 heavy (non-hydrogen) atoms. The van der Waals surface area contributed by atoms with E-state index in [1.165, 1.54) is 11.6 Å². The van der Waals surface area contributed by atoms with E-state index in [0.29, 0.717) is 13.0 Å². The number of hydrogen-bond acceptors (Lipinski definition) is 5. The maximum atomic E-state index is 12.4. The van der Waals surface area contributed by atoms with Crippen molar-refractivity contribution in [3.05, 3.63) is 32.2 Å². The molecule has 0 bridgehead atoms. The van der Waals surface area contributed by atoms with Gasteiger partial charge in [-0.15, -0.1) is 0 Å². The van der Waals surface area contributed by atoms with E-state index in [-0.39, 0.29) is 35.1 Å². The van der Waals surface area contributed by atoms with Crippen LogP contribution in [-0.4, -0.2) is 24.2 Å². The van der Waals surface area contributed by atoms with E-state index in [0.717, 1.165) is 11.0 Å². The largest absolute Gasteiger partial charge is 0.390 e. The molecule has 2 aromatic heterocycles. The first kappa shape index (κ1) is 17.9. The van der Waals surface area contributed by atoms with Crippen LogP contribution in [0.2, 0.25) is 0 Å².